The Morgan fingerprint density at radius 1 is 0.524 bits per heavy atom. The molecule has 0 spiro atoms. The second kappa shape index (κ2) is 9.03. The number of rotatable bonds is 3. The fraction of sp³-hybridized carbons (Fsp3) is 0. The second-order valence-electron chi connectivity index (χ2n) is 10.3. The monoisotopic (exact) mass is 556 g/mol. The quantitative estimate of drug-likeness (QED) is 0.217. The number of hydrogen-bond acceptors (Lipinski definition) is 6. The summed E-state index contributed by atoms with van der Waals surface area (Å²) < 4.78 is 8.80. The minimum absolute atomic E-state index is 0.606. The topological polar surface area (TPSA) is 64.7 Å². The molecule has 5 aromatic carbocycles. The largest absolute Gasteiger partial charge is 0.456 e. The molecule has 0 aliphatic rings. The van der Waals surface area contributed by atoms with Crippen molar-refractivity contribution >= 4 is 64.4 Å². The Balaban J connectivity index is 1.30. The molecule has 0 fully saturated rings. The predicted molar refractivity (Wildman–Crippen MR) is 172 cm³/mol. The standard InChI is InChI=1S/C36H20N4OS/c1-2-8-21(9-3-1)34-38-35(23-15-16-25-24-11-4-5-14-31(24)42-32(25)19-23)40-36(39-34)26-12-6-13-29-33(26)27-18-22-10-7-17-37-28(22)20-30(27)41-29/h1-20H. The van der Waals surface area contributed by atoms with Crippen molar-refractivity contribution in [3.8, 4) is 34.2 Å². The molecule has 0 bridgehead atoms. The summed E-state index contributed by atoms with van der Waals surface area (Å²) in [5, 5.41) is 5.56. The van der Waals surface area contributed by atoms with Crippen LogP contribution in [0, 0.1) is 0 Å². The van der Waals surface area contributed by atoms with Crippen molar-refractivity contribution in [3.63, 3.8) is 0 Å². The van der Waals surface area contributed by atoms with Gasteiger partial charge in [-0.3, -0.25) is 4.98 Å². The molecule has 0 aliphatic heterocycles. The van der Waals surface area contributed by atoms with E-state index < -0.39 is 0 Å². The maximum atomic E-state index is 6.32. The number of nitrogens with zero attached hydrogens (tertiary/aromatic N) is 4. The molecule has 0 saturated carbocycles. The van der Waals surface area contributed by atoms with Crippen LogP contribution in [0.3, 0.4) is 0 Å². The number of pyridine rings is 1. The van der Waals surface area contributed by atoms with Gasteiger partial charge in [-0.1, -0.05) is 78.9 Å². The highest BCUT2D eigenvalue weighted by atomic mass is 32.1. The summed E-state index contributed by atoms with van der Waals surface area (Å²) in [4.78, 5) is 19.6. The van der Waals surface area contributed by atoms with Gasteiger partial charge in [0, 0.05) is 65.3 Å². The summed E-state index contributed by atoms with van der Waals surface area (Å²) in [5.41, 5.74) is 5.27. The molecule has 4 heterocycles. The third-order valence-corrected chi connectivity index (χ3v) is 8.90. The van der Waals surface area contributed by atoms with Crippen molar-refractivity contribution in [1.29, 1.82) is 0 Å². The molecule has 0 N–H and O–H groups in total. The van der Waals surface area contributed by atoms with Gasteiger partial charge in [-0.05, 0) is 30.3 Å². The molecule has 0 radical (unpaired) electrons. The maximum absolute atomic E-state index is 6.32. The van der Waals surface area contributed by atoms with Gasteiger partial charge in [0.25, 0.3) is 0 Å². The lowest BCUT2D eigenvalue weighted by atomic mass is 10.0. The zero-order chi connectivity index (χ0) is 27.6. The van der Waals surface area contributed by atoms with Gasteiger partial charge in [0.1, 0.15) is 11.2 Å². The van der Waals surface area contributed by atoms with Gasteiger partial charge >= 0.3 is 0 Å². The first-order valence-electron chi connectivity index (χ1n) is 13.7. The third kappa shape index (κ3) is 3.62. The molecule has 0 atom stereocenters. The predicted octanol–water partition coefficient (Wildman–Crippen LogP) is 9.69. The summed E-state index contributed by atoms with van der Waals surface area (Å²) in [7, 11) is 0. The van der Waals surface area contributed by atoms with Crippen molar-refractivity contribution in [1.82, 2.24) is 19.9 Å². The molecule has 6 heteroatoms. The smallest absolute Gasteiger partial charge is 0.164 e. The van der Waals surface area contributed by atoms with Crippen molar-refractivity contribution in [2.45, 2.75) is 0 Å². The number of fused-ring (bicyclic) bond motifs is 7. The minimum atomic E-state index is 0.606. The average molecular weight is 557 g/mol. The van der Waals surface area contributed by atoms with Crippen LogP contribution in [-0.4, -0.2) is 19.9 Å². The van der Waals surface area contributed by atoms with E-state index in [1.54, 1.807) is 17.5 Å². The maximum Gasteiger partial charge on any atom is 0.164 e. The minimum Gasteiger partial charge on any atom is -0.456 e. The number of thiophene rings is 1. The molecule has 9 rings (SSSR count). The van der Waals surface area contributed by atoms with Crippen LogP contribution in [0.5, 0.6) is 0 Å². The van der Waals surface area contributed by atoms with Gasteiger partial charge in [-0.25, -0.2) is 15.0 Å². The molecule has 9 aromatic rings. The molecule has 0 saturated heterocycles. The number of furan rings is 1. The summed E-state index contributed by atoms with van der Waals surface area (Å²) in [6.45, 7) is 0. The molecule has 0 aliphatic carbocycles. The molecule has 4 aromatic heterocycles. The first kappa shape index (κ1) is 23.3. The highest BCUT2D eigenvalue weighted by Crippen LogP contribution is 2.39. The lowest BCUT2D eigenvalue weighted by Gasteiger charge is -2.09. The van der Waals surface area contributed by atoms with E-state index in [1.807, 2.05) is 54.6 Å². The van der Waals surface area contributed by atoms with Crippen molar-refractivity contribution < 1.29 is 4.42 Å². The summed E-state index contributed by atoms with van der Waals surface area (Å²) >= 11 is 1.79. The SMILES string of the molecule is c1ccc(-c2nc(-c3ccc4c(c3)sc3ccccc34)nc(-c3cccc4oc5cc6ncccc6cc5c34)n2)cc1. The molecular weight excluding hydrogens is 536 g/mol. The molecule has 0 unspecified atom stereocenters. The zero-order valence-corrected chi connectivity index (χ0v) is 23.0. The Hall–Kier alpha value is -5.46. The van der Waals surface area contributed by atoms with Crippen LogP contribution in [0.25, 0.3) is 87.2 Å². The second-order valence-corrected chi connectivity index (χ2v) is 11.4. The number of benzene rings is 5. The summed E-state index contributed by atoms with van der Waals surface area (Å²) in [5.74, 6) is 1.87. The highest BCUT2D eigenvalue weighted by molar-refractivity contribution is 7.25. The first-order valence-corrected chi connectivity index (χ1v) is 14.5. The van der Waals surface area contributed by atoms with E-state index >= 15 is 0 Å². The van der Waals surface area contributed by atoms with Gasteiger partial charge in [-0.15, -0.1) is 11.3 Å². The lowest BCUT2D eigenvalue weighted by Crippen LogP contribution is -2.00. The van der Waals surface area contributed by atoms with Crippen LogP contribution in [0.1, 0.15) is 0 Å². The van der Waals surface area contributed by atoms with Crippen LogP contribution < -0.4 is 0 Å². The molecule has 196 valence electrons. The fourth-order valence-electron chi connectivity index (χ4n) is 5.79. The first-order chi connectivity index (χ1) is 20.8. The molecule has 5 nitrogen and oxygen atoms in total. The number of aromatic nitrogens is 4. The van der Waals surface area contributed by atoms with Gasteiger partial charge in [0.05, 0.1) is 5.52 Å². The number of hydrogen-bond donors (Lipinski definition) is 0. The Labute approximate surface area is 243 Å². The van der Waals surface area contributed by atoms with Crippen molar-refractivity contribution in [2.75, 3.05) is 0 Å². The Kier molecular flexibility index (Phi) is 5.00. The van der Waals surface area contributed by atoms with Gasteiger partial charge in [-0.2, -0.15) is 0 Å². The van der Waals surface area contributed by atoms with Crippen LogP contribution in [0.4, 0.5) is 0 Å². The van der Waals surface area contributed by atoms with Crippen LogP contribution in [-0.2, 0) is 0 Å². The molecule has 0 amide bonds. The van der Waals surface area contributed by atoms with Crippen LogP contribution in [0.2, 0.25) is 0 Å². The summed E-state index contributed by atoms with van der Waals surface area (Å²) in [6.07, 6.45) is 1.80. The van der Waals surface area contributed by atoms with E-state index in [-0.39, 0.29) is 0 Å². The van der Waals surface area contributed by atoms with E-state index in [4.69, 9.17) is 19.4 Å². The Morgan fingerprint density at radius 2 is 1.33 bits per heavy atom. The van der Waals surface area contributed by atoms with Gasteiger partial charge in [0.2, 0.25) is 0 Å². The normalized spacial score (nSPS) is 11.8. The van der Waals surface area contributed by atoms with E-state index in [9.17, 15) is 0 Å². The van der Waals surface area contributed by atoms with E-state index in [0.717, 1.165) is 49.5 Å². The van der Waals surface area contributed by atoms with E-state index in [0.29, 0.717) is 17.5 Å². The zero-order valence-electron chi connectivity index (χ0n) is 22.2. The van der Waals surface area contributed by atoms with Gasteiger partial charge < -0.3 is 4.42 Å². The van der Waals surface area contributed by atoms with Crippen molar-refractivity contribution in [2.24, 2.45) is 0 Å². The average Bonchev–Trinajstić information content (AvgIpc) is 3.61. The Bertz CT molecular complexity index is 2480. The van der Waals surface area contributed by atoms with Crippen LogP contribution >= 0.6 is 11.3 Å². The van der Waals surface area contributed by atoms with Crippen molar-refractivity contribution in [3.05, 3.63) is 121 Å². The van der Waals surface area contributed by atoms with Gasteiger partial charge in [0.15, 0.2) is 17.5 Å². The lowest BCUT2D eigenvalue weighted by molar-refractivity contribution is 0.669. The fourth-order valence-corrected chi connectivity index (χ4v) is 6.93. The highest BCUT2D eigenvalue weighted by Gasteiger charge is 2.19. The van der Waals surface area contributed by atoms with Crippen LogP contribution in [0.15, 0.2) is 126 Å². The van der Waals surface area contributed by atoms with E-state index in [2.05, 4.69) is 65.6 Å². The third-order valence-electron chi connectivity index (χ3n) is 7.77. The molecule has 42 heavy (non-hydrogen) atoms. The molecular formula is C36H20N4OS. The summed E-state index contributed by atoms with van der Waals surface area (Å²) in [6, 6.07) is 39.3. The Morgan fingerprint density at radius 3 is 2.26 bits per heavy atom. The van der Waals surface area contributed by atoms with E-state index in [1.165, 1.54) is 20.2 Å².